The summed E-state index contributed by atoms with van der Waals surface area (Å²) in [6, 6.07) is 4.90. The number of Topliss-reactive ketones (excluding diaryl/α,β-unsaturated/α-hetero) is 1. The molecule has 3 rings (SSSR count). The quantitative estimate of drug-likeness (QED) is 0.735. The van der Waals surface area contributed by atoms with Crippen LogP contribution < -0.4 is 9.47 Å². The fourth-order valence-electron chi connectivity index (χ4n) is 3.08. The Kier molecular flexibility index (Phi) is 4.75. The van der Waals surface area contributed by atoms with Gasteiger partial charge in [0.1, 0.15) is 5.78 Å². The molecule has 3 nitrogen and oxygen atoms in total. The van der Waals surface area contributed by atoms with E-state index < -0.39 is 12.0 Å². The van der Waals surface area contributed by atoms with Crippen LogP contribution in [0.15, 0.2) is 18.2 Å². The summed E-state index contributed by atoms with van der Waals surface area (Å²) >= 11 is 0. The average molecular weight is 334 g/mol. The molecule has 2 aliphatic rings. The minimum atomic E-state index is -2.91. The maximum atomic E-state index is 12.6. The van der Waals surface area contributed by atoms with E-state index in [0.29, 0.717) is 44.0 Å². The van der Waals surface area contributed by atoms with Crippen molar-refractivity contribution in [2.45, 2.75) is 50.6 Å². The highest BCUT2D eigenvalue weighted by atomic mass is 19.3. The largest absolute Gasteiger partial charge is 0.489 e. The van der Waals surface area contributed by atoms with Gasteiger partial charge in [-0.05, 0) is 49.3 Å². The molecule has 1 aromatic carbocycles. The molecule has 0 aromatic heterocycles. The summed E-state index contributed by atoms with van der Waals surface area (Å²) in [5.74, 6) is 3.84. The number of hydrogen-bond donors (Lipinski definition) is 0. The first-order valence-electron chi connectivity index (χ1n) is 8.24. The van der Waals surface area contributed by atoms with Crippen LogP contribution in [-0.4, -0.2) is 19.0 Å². The van der Waals surface area contributed by atoms with Crippen LogP contribution >= 0.6 is 0 Å². The Balaban J connectivity index is 1.88. The summed E-state index contributed by atoms with van der Waals surface area (Å²) in [6.07, 6.45) is 9.98. The zero-order valence-corrected chi connectivity index (χ0v) is 13.4. The van der Waals surface area contributed by atoms with Crippen LogP contribution in [0.25, 0.3) is 0 Å². The number of halogens is 2. The molecule has 1 aromatic rings. The van der Waals surface area contributed by atoms with E-state index in [9.17, 15) is 13.6 Å². The first kappa shape index (κ1) is 16.8. The zero-order chi connectivity index (χ0) is 17.2. The Labute approximate surface area is 140 Å². The molecule has 0 saturated heterocycles. The van der Waals surface area contributed by atoms with Crippen molar-refractivity contribution in [3.63, 3.8) is 0 Å². The van der Waals surface area contributed by atoms with E-state index in [1.54, 1.807) is 12.1 Å². The van der Waals surface area contributed by atoms with Crippen molar-refractivity contribution in [1.82, 2.24) is 0 Å². The molecule has 2 aliphatic carbocycles. The van der Waals surface area contributed by atoms with Gasteiger partial charge in [-0.3, -0.25) is 4.79 Å². The molecule has 0 spiro atoms. The highest BCUT2D eigenvalue weighted by Crippen LogP contribution is 2.42. The number of terminal acetylenes is 1. The fourth-order valence-corrected chi connectivity index (χ4v) is 3.08. The Morgan fingerprint density at radius 2 is 1.96 bits per heavy atom. The summed E-state index contributed by atoms with van der Waals surface area (Å²) in [6.45, 7) is -2.42. The standard InChI is InChI=1S/C19H20F2O3/c1-2-19(9-7-15(22)8-10-19)14-5-6-16(24-18(20)21)17(11-14)23-12-13-3-4-13/h1,5-6,11,13,18H,3-4,7-10,12H2. The molecule has 0 amide bonds. The lowest BCUT2D eigenvalue weighted by Gasteiger charge is -2.32. The molecule has 2 saturated carbocycles. The molecule has 0 unspecified atom stereocenters. The highest BCUT2D eigenvalue weighted by molar-refractivity contribution is 5.80. The molecule has 2 fully saturated rings. The van der Waals surface area contributed by atoms with Crippen molar-refractivity contribution in [2.75, 3.05) is 6.61 Å². The lowest BCUT2D eigenvalue weighted by molar-refractivity contribution is -0.120. The van der Waals surface area contributed by atoms with Crippen molar-refractivity contribution in [2.24, 2.45) is 5.92 Å². The van der Waals surface area contributed by atoms with E-state index in [0.717, 1.165) is 18.4 Å². The second-order valence-electron chi connectivity index (χ2n) is 6.56. The van der Waals surface area contributed by atoms with Crippen LogP contribution in [0.2, 0.25) is 0 Å². The van der Waals surface area contributed by atoms with Gasteiger partial charge in [-0.2, -0.15) is 8.78 Å². The molecule has 24 heavy (non-hydrogen) atoms. The molecule has 0 N–H and O–H groups in total. The van der Waals surface area contributed by atoms with E-state index in [2.05, 4.69) is 10.7 Å². The van der Waals surface area contributed by atoms with Crippen LogP contribution in [0, 0.1) is 18.3 Å². The smallest absolute Gasteiger partial charge is 0.387 e. The van der Waals surface area contributed by atoms with Crippen molar-refractivity contribution in [3.05, 3.63) is 23.8 Å². The van der Waals surface area contributed by atoms with E-state index >= 15 is 0 Å². The maximum absolute atomic E-state index is 12.6. The number of ketones is 1. The van der Waals surface area contributed by atoms with Gasteiger partial charge in [0.2, 0.25) is 0 Å². The molecule has 0 radical (unpaired) electrons. The monoisotopic (exact) mass is 334 g/mol. The Morgan fingerprint density at radius 1 is 1.25 bits per heavy atom. The van der Waals surface area contributed by atoms with Crippen LogP contribution in [0.4, 0.5) is 8.78 Å². The van der Waals surface area contributed by atoms with E-state index in [1.165, 1.54) is 6.07 Å². The van der Waals surface area contributed by atoms with Gasteiger partial charge in [-0.25, -0.2) is 0 Å². The number of benzene rings is 1. The number of carbonyl (C=O) groups is 1. The maximum Gasteiger partial charge on any atom is 0.387 e. The second kappa shape index (κ2) is 6.80. The molecule has 0 heterocycles. The minimum absolute atomic E-state index is 0.0217. The minimum Gasteiger partial charge on any atom is -0.489 e. The lowest BCUT2D eigenvalue weighted by Crippen LogP contribution is -2.30. The number of hydrogen-bond acceptors (Lipinski definition) is 3. The summed E-state index contributed by atoms with van der Waals surface area (Å²) in [7, 11) is 0. The first-order chi connectivity index (χ1) is 11.5. The van der Waals surface area contributed by atoms with E-state index in [4.69, 9.17) is 11.2 Å². The third-order valence-electron chi connectivity index (χ3n) is 4.82. The van der Waals surface area contributed by atoms with Gasteiger partial charge in [0.05, 0.1) is 12.0 Å². The topological polar surface area (TPSA) is 35.5 Å². The normalized spacial score (nSPS) is 19.8. The third kappa shape index (κ3) is 3.69. The Bertz CT molecular complexity index is 649. The number of carbonyl (C=O) groups excluding carboxylic acids is 1. The molecule has 0 bridgehead atoms. The number of ether oxygens (including phenoxy) is 2. The van der Waals surface area contributed by atoms with Gasteiger partial charge in [-0.1, -0.05) is 12.0 Å². The van der Waals surface area contributed by atoms with Crippen LogP contribution in [0.5, 0.6) is 11.5 Å². The van der Waals surface area contributed by atoms with Crippen LogP contribution in [0.1, 0.15) is 44.1 Å². The van der Waals surface area contributed by atoms with Crippen molar-refractivity contribution in [1.29, 1.82) is 0 Å². The van der Waals surface area contributed by atoms with Crippen molar-refractivity contribution >= 4 is 5.78 Å². The summed E-state index contributed by atoms with van der Waals surface area (Å²) in [4.78, 5) is 11.5. The summed E-state index contributed by atoms with van der Waals surface area (Å²) < 4.78 is 35.5. The van der Waals surface area contributed by atoms with E-state index in [-0.39, 0.29) is 11.5 Å². The molecule has 0 aliphatic heterocycles. The van der Waals surface area contributed by atoms with Crippen LogP contribution in [0.3, 0.4) is 0 Å². The van der Waals surface area contributed by atoms with Crippen molar-refractivity contribution in [3.8, 4) is 23.8 Å². The van der Waals surface area contributed by atoms with Gasteiger partial charge >= 0.3 is 6.61 Å². The molecule has 128 valence electrons. The van der Waals surface area contributed by atoms with Gasteiger partial charge in [-0.15, -0.1) is 6.42 Å². The third-order valence-corrected chi connectivity index (χ3v) is 4.82. The molecular formula is C19H20F2O3. The predicted molar refractivity (Wildman–Crippen MR) is 85.3 cm³/mol. The predicted octanol–water partition coefficient (Wildman–Crippen LogP) is 4.09. The highest BCUT2D eigenvalue weighted by Gasteiger charge is 2.35. The molecular weight excluding hydrogens is 314 g/mol. The Morgan fingerprint density at radius 3 is 2.54 bits per heavy atom. The average Bonchev–Trinajstić information content (AvgIpc) is 3.39. The second-order valence-corrected chi connectivity index (χ2v) is 6.56. The first-order valence-corrected chi connectivity index (χ1v) is 8.24. The fraction of sp³-hybridized carbons (Fsp3) is 0.526. The van der Waals surface area contributed by atoms with Crippen LogP contribution in [-0.2, 0) is 10.2 Å². The lowest BCUT2D eigenvalue weighted by atomic mass is 9.70. The number of rotatable bonds is 6. The Hall–Kier alpha value is -2.09. The summed E-state index contributed by atoms with van der Waals surface area (Å²) in [5, 5.41) is 0. The van der Waals surface area contributed by atoms with Gasteiger partial charge in [0.15, 0.2) is 11.5 Å². The SMILES string of the molecule is C#CC1(c2ccc(OC(F)F)c(OCC3CC3)c2)CCC(=O)CC1. The van der Waals surface area contributed by atoms with E-state index in [1.807, 2.05) is 0 Å². The summed E-state index contributed by atoms with van der Waals surface area (Å²) in [5.41, 5.74) is 0.277. The van der Waals surface area contributed by atoms with Gasteiger partial charge in [0, 0.05) is 12.8 Å². The van der Waals surface area contributed by atoms with Gasteiger partial charge in [0.25, 0.3) is 0 Å². The number of alkyl halides is 2. The molecule has 5 heteroatoms. The van der Waals surface area contributed by atoms with Crippen molar-refractivity contribution < 1.29 is 23.0 Å². The van der Waals surface area contributed by atoms with Gasteiger partial charge < -0.3 is 9.47 Å². The molecule has 0 atom stereocenters. The zero-order valence-electron chi connectivity index (χ0n) is 13.4.